The Hall–Kier alpha value is -4.50. The van der Waals surface area contributed by atoms with Crippen molar-refractivity contribution in [3.63, 3.8) is 0 Å². The first-order valence-corrected chi connectivity index (χ1v) is 19.4. The molecule has 7 rings (SSSR count). The Bertz CT molecular complexity index is 2030. The van der Waals surface area contributed by atoms with Crippen molar-refractivity contribution in [3.8, 4) is 11.1 Å². The molecule has 0 unspecified atom stereocenters. The molecule has 52 heavy (non-hydrogen) atoms. The van der Waals surface area contributed by atoms with Crippen LogP contribution in [0.15, 0.2) is 42.5 Å². The average molecular weight is 743 g/mol. The van der Waals surface area contributed by atoms with Gasteiger partial charge in [-0.25, -0.2) is 9.97 Å². The summed E-state index contributed by atoms with van der Waals surface area (Å²) in [5.74, 6) is -2.10. The van der Waals surface area contributed by atoms with Crippen molar-refractivity contribution in [3.05, 3.63) is 79.2 Å². The van der Waals surface area contributed by atoms with Gasteiger partial charge < -0.3 is 20.4 Å². The summed E-state index contributed by atoms with van der Waals surface area (Å²) in [7, 11) is 0. The van der Waals surface area contributed by atoms with Crippen molar-refractivity contribution in [1.82, 2.24) is 19.8 Å². The summed E-state index contributed by atoms with van der Waals surface area (Å²) >= 11 is 2.65. The van der Waals surface area contributed by atoms with Crippen LogP contribution in [0.5, 0.6) is 0 Å². The molecular formula is C38H42N6O6S2. The maximum atomic E-state index is 13.9. The average Bonchev–Trinajstić information content (AvgIpc) is 3.85. The van der Waals surface area contributed by atoms with Crippen molar-refractivity contribution < 1.29 is 29.4 Å². The summed E-state index contributed by atoms with van der Waals surface area (Å²) in [6, 6.07) is 12.5. The van der Waals surface area contributed by atoms with Gasteiger partial charge in [0.2, 0.25) is 0 Å². The molecule has 272 valence electrons. The van der Waals surface area contributed by atoms with Crippen molar-refractivity contribution in [2.24, 2.45) is 0 Å². The number of aromatic nitrogens is 2. The SMILES string of the molecule is Cc1nc(C(=O)Nc2cccc(-c3cccc4c3CCN4C(=O)c3nc(C)c(CN4CCCC[C@H]4C(=O)O)s3)c2)sc1CN1CCCC[C@H]1C(=O)O. The largest absolute Gasteiger partial charge is 0.480 e. The predicted molar refractivity (Wildman–Crippen MR) is 200 cm³/mol. The molecule has 3 aliphatic rings. The van der Waals surface area contributed by atoms with E-state index in [4.69, 9.17) is 0 Å². The van der Waals surface area contributed by atoms with Crippen molar-refractivity contribution in [1.29, 1.82) is 0 Å². The van der Waals surface area contributed by atoms with E-state index in [1.54, 1.807) is 4.90 Å². The third-order valence-electron chi connectivity index (χ3n) is 10.4. The molecule has 2 atom stereocenters. The molecule has 2 saturated heterocycles. The van der Waals surface area contributed by atoms with Crippen LogP contribution in [0.4, 0.5) is 11.4 Å². The first kappa shape index (κ1) is 35.9. The Morgan fingerprint density at radius 3 is 2.02 bits per heavy atom. The van der Waals surface area contributed by atoms with Gasteiger partial charge in [-0.05, 0) is 93.9 Å². The van der Waals surface area contributed by atoms with E-state index in [1.807, 2.05) is 66.1 Å². The second-order valence-corrected chi connectivity index (χ2v) is 15.9. The van der Waals surface area contributed by atoms with Crippen molar-refractivity contribution >= 4 is 57.8 Å². The van der Waals surface area contributed by atoms with Gasteiger partial charge in [0.05, 0.1) is 11.4 Å². The fraction of sp³-hybridized carbons (Fsp3) is 0.421. The summed E-state index contributed by atoms with van der Waals surface area (Å²) in [5.41, 5.74) is 5.87. The number of rotatable bonds is 10. The van der Waals surface area contributed by atoms with Gasteiger partial charge >= 0.3 is 11.9 Å². The Morgan fingerprint density at radius 2 is 1.38 bits per heavy atom. The van der Waals surface area contributed by atoms with Crippen LogP contribution in [0.25, 0.3) is 11.1 Å². The molecule has 3 N–H and O–H groups in total. The Balaban J connectivity index is 1.05. The van der Waals surface area contributed by atoms with E-state index in [2.05, 4.69) is 15.3 Å². The number of likely N-dealkylation sites (tertiary alicyclic amines) is 2. The minimum atomic E-state index is -0.812. The summed E-state index contributed by atoms with van der Waals surface area (Å²) in [5, 5.41) is 23.1. The third kappa shape index (κ3) is 7.38. The first-order valence-electron chi connectivity index (χ1n) is 17.8. The van der Waals surface area contributed by atoms with Gasteiger partial charge in [0, 0.05) is 40.8 Å². The number of carboxylic acid groups (broad SMARTS) is 2. The normalized spacial score (nSPS) is 19.4. The lowest BCUT2D eigenvalue weighted by molar-refractivity contribution is -0.145. The molecule has 0 aliphatic carbocycles. The summed E-state index contributed by atoms with van der Waals surface area (Å²) < 4.78 is 0. The van der Waals surface area contributed by atoms with Crippen LogP contribution < -0.4 is 10.2 Å². The second-order valence-electron chi connectivity index (χ2n) is 13.7. The van der Waals surface area contributed by atoms with E-state index in [0.29, 0.717) is 67.7 Å². The van der Waals surface area contributed by atoms with Gasteiger partial charge in [0.15, 0.2) is 10.0 Å². The number of carbonyl (C=O) groups is 4. The second kappa shape index (κ2) is 15.2. The number of piperidine rings is 2. The molecule has 12 nitrogen and oxygen atoms in total. The van der Waals surface area contributed by atoms with Crippen molar-refractivity contribution in [2.45, 2.75) is 84.0 Å². The van der Waals surface area contributed by atoms with Gasteiger partial charge in [-0.3, -0.25) is 29.0 Å². The van der Waals surface area contributed by atoms with Crippen LogP contribution in [0.1, 0.15) is 84.8 Å². The number of nitrogens with zero attached hydrogens (tertiary/aromatic N) is 5. The topological polar surface area (TPSA) is 156 Å². The molecule has 0 spiro atoms. The van der Waals surface area contributed by atoms with Gasteiger partial charge in [0.1, 0.15) is 12.1 Å². The number of carbonyl (C=O) groups excluding carboxylic acids is 2. The molecule has 0 saturated carbocycles. The monoisotopic (exact) mass is 742 g/mol. The van der Waals surface area contributed by atoms with Gasteiger partial charge in [-0.1, -0.05) is 37.1 Å². The number of aliphatic carboxylic acids is 2. The molecule has 5 heterocycles. The number of anilines is 2. The first-order chi connectivity index (χ1) is 25.1. The summed E-state index contributed by atoms with van der Waals surface area (Å²) in [6.45, 7) is 6.59. The molecule has 2 aromatic carbocycles. The molecule has 14 heteroatoms. The van der Waals surface area contributed by atoms with Crippen LogP contribution in [-0.2, 0) is 29.1 Å². The standard InChI is InChI=1S/C38H42N6O6S2/c1-22-31(20-42-16-5-3-12-29(42)37(47)48)51-34(39-22)33(45)41-25-10-7-9-24(19-25)26-11-8-14-28-27(26)15-18-44(28)36(46)35-40-23(2)32(52-35)21-43-17-6-4-13-30(43)38(49)50/h7-11,14,19,29-30H,3-6,12-13,15-18,20-21H2,1-2H3,(H,41,45)(H,47,48)(H,49,50)/t29-,30-/m0/s1. The molecule has 3 aliphatic heterocycles. The van der Waals surface area contributed by atoms with Crippen LogP contribution in [0.3, 0.4) is 0 Å². The fourth-order valence-corrected chi connectivity index (χ4v) is 9.63. The Labute approximate surface area is 310 Å². The van der Waals surface area contributed by atoms with Gasteiger partial charge in [-0.15, -0.1) is 22.7 Å². The number of hydrogen-bond acceptors (Lipinski definition) is 10. The van der Waals surface area contributed by atoms with Crippen LogP contribution in [-0.4, -0.2) is 85.5 Å². The van der Waals surface area contributed by atoms with Gasteiger partial charge in [0.25, 0.3) is 11.8 Å². The lowest BCUT2D eigenvalue weighted by atomic mass is 9.97. The minimum absolute atomic E-state index is 0.165. The quantitative estimate of drug-likeness (QED) is 0.171. The van der Waals surface area contributed by atoms with E-state index in [1.165, 1.54) is 22.7 Å². The lowest BCUT2D eigenvalue weighted by Crippen LogP contribution is -2.43. The Morgan fingerprint density at radius 1 is 0.788 bits per heavy atom. The highest BCUT2D eigenvalue weighted by Crippen LogP contribution is 2.38. The highest BCUT2D eigenvalue weighted by Gasteiger charge is 2.33. The molecule has 2 aromatic heterocycles. The van der Waals surface area contributed by atoms with E-state index >= 15 is 0 Å². The number of aryl methyl sites for hydroxylation is 2. The van der Waals surface area contributed by atoms with Crippen LogP contribution in [0.2, 0.25) is 0 Å². The zero-order chi connectivity index (χ0) is 36.5. The van der Waals surface area contributed by atoms with E-state index in [9.17, 15) is 29.4 Å². The smallest absolute Gasteiger partial charge is 0.320 e. The van der Waals surface area contributed by atoms with Gasteiger partial charge in [-0.2, -0.15) is 0 Å². The molecule has 4 aromatic rings. The zero-order valence-electron chi connectivity index (χ0n) is 29.3. The molecule has 2 fully saturated rings. The molecule has 0 radical (unpaired) electrons. The summed E-state index contributed by atoms with van der Waals surface area (Å²) in [4.78, 5) is 67.6. The van der Waals surface area contributed by atoms with Crippen molar-refractivity contribution in [2.75, 3.05) is 29.9 Å². The van der Waals surface area contributed by atoms with E-state index < -0.39 is 24.0 Å². The zero-order valence-corrected chi connectivity index (χ0v) is 30.9. The highest BCUT2D eigenvalue weighted by molar-refractivity contribution is 7.14. The molecule has 0 bridgehead atoms. The fourth-order valence-electron chi connectivity index (χ4n) is 7.61. The maximum absolute atomic E-state index is 13.9. The number of hydrogen-bond donors (Lipinski definition) is 3. The third-order valence-corrected chi connectivity index (χ3v) is 12.6. The van der Waals surface area contributed by atoms with Crippen LogP contribution in [0, 0.1) is 13.8 Å². The Kier molecular flexibility index (Phi) is 10.5. The summed E-state index contributed by atoms with van der Waals surface area (Å²) in [6.07, 6.45) is 5.63. The minimum Gasteiger partial charge on any atom is -0.480 e. The lowest BCUT2D eigenvalue weighted by Gasteiger charge is -2.32. The number of fused-ring (bicyclic) bond motifs is 1. The number of thiazole rings is 2. The van der Waals surface area contributed by atoms with E-state index in [-0.39, 0.29) is 11.8 Å². The van der Waals surface area contributed by atoms with E-state index in [0.717, 1.165) is 69.2 Å². The van der Waals surface area contributed by atoms with Crippen LogP contribution >= 0.6 is 22.7 Å². The predicted octanol–water partition coefficient (Wildman–Crippen LogP) is 6.22. The number of benzene rings is 2. The number of amides is 2. The number of carboxylic acids is 2. The molecular weight excluding hydrogens is 701 g/mol. The molecule has 2 amide bonds. The number of nitrogens with one attached hydrogen (secondary N) is 1. The highest BCUT2D eigenvalue weighted by atomic mass is 32.1. The maximum Gasteiger partial charge on any atom is 0.320 e.